The summed E-state index contributed by atoms with van der Waals surface area (Å²) in [5.41, 5.74) is 1.24. The molecule has 0 aliphatic heterocycles. The first-order valence-corrected chi connectivity index (χ1v) is 10.3. The molecule has 3 aromatic rings. The molecule has 1 aromatic heterocycles. The maximum absolute atomic E-state index is 13.2. The Labute approximate surface area is 164 Å². The molecule has 0 aliphatic rings. The lowest BCUT2D eigenvalue weighted by Crippen LogP contribution is -2.14. The van der Waals surface area contributed by atoms with Crippen LogP contribution in [0.3, 0.4) is 0 Å². The highest BCUT2D eigenvalue weighted by Gasteiger charge is 2.18. The van der Waals surface area contributed by atoms with Gasteiger partial charge in [-0.3, -0.25) is 9.52 Å². The molecule has 0 fully saturated rings. The van der Waals surface area contributed by atoms with Crippen molar-refractivity contribution in [2.24, 2.45) is 0 Å². The van der Waals surface area contributed by atoms with Crippen LogP contribution in [0.15, 0.2) is 52.7 Å². The molecular weight excluding hydrogens is 413 g/mol. The van der Waals surface area contributed by atoms with E-state index in [0.717, 1.165) is 23.0 Å². The third kappa shape index (κ3) is 4.62. The Kier molecular flexibility index (Phi) is 5.45. The van der Waals surface area contributed by atoms with Crippen molar-refractivity contribution < 1.29 is 17.6 Å². The predicted molar refractivity (Wildman–Crippen MR) is 103 cm³/mol. The number of amides is 1. The number of hydrogen-bond donors (Lipinski definition) is 2. The lowest BCUT2D eigenvalue weighted by Gasteiger charge is -2.05. The third-order valence-electron chi connectivity index (χ3n) is 3.47. The lowest BCUT2D eigenvalue weighted by atomic mass is 10.2. The summed E-state index contributed by atoms with van der Waals surface area (Å²) in [7, 11) is -3.80. The molecule has 2 aromatic carbocycles. The standard InChI is InChI=1S/C17H13ClFN3O3S2/c1-10-2-5-12(6-3-10)27(24,25)22-17-21-15(9-26-17)16(23)20-11-4-7-14(19)13(18)8-11/h2-9H,1H3,(H,20,23)(H,21,22). The number of aryl methyl sites for hydroxylation is 1. The molecule has 0 aliphatic carbocycles. The second kappa shape index (κ2) is 7.63. The minimum absolute atomic E-state index is 0.0158. The molecule has 0 radical (unpaired) electrons. The number of rotatable bonds is 5. The number of nitrogens with one attached hydrogen (secondary N) is 2. The molecule has 0 saturated carbocycles. The van der Waals surface area contributed by atoms with Gasteiger partial charge in [0.15, 0.2) is 5.13 Å². The molecule has 6 nitrogen and oxygen atoms in total. The van der Waals surface area contributed by atoms with E-state index < -0.39 is 21.7 Å². The van der Waals surface area contributed by atoms with Gasteiger partial charge in [-0.2, -0.15) is 0 Å². The highest BCUT2D eigenvalue weighted by molar-refractivity contribution is 7.93. The van der Waals surface area contributed by atoms with Gasteiger partial charge in [0.25, 0.3) is 15.9 Å². The van der Waals surface area contributed by atoms with E-state index in [0.29, 0.717) is 5.69 Å². The Morgan fingerprint density at radius 3 is 2.56 bits per heavy atom. The molecule has 0 saturated heterocycles. The van der Waals surface area contributed by atoms with Crippen LogP contribution in [0.4, 0.5) is 15.2 Å². The summed E-state index contributed by atoms with van der Waals surface area (Å²) >= 11 is 6.64. The zero-order chi connectivity index (χ0) is 19.6. The van der Waals surface area contributed by atoms with Crippen LogP contribution in [0, 0.1) is 12.7 Å². The second-order valence-electron chi connectivity index (χ2n) is 5.54. The Morgan fingerprint density at radius 1 is 1.19 bits per heavy atom. The molecule has 140 valence electrons. The fraction of sp³-hybridized carbons (Fsp3) is 0.0588. The van der Waals surface area contributed by atoms with Crippen molar-refractivity contribution in [3.05, 3.63) is 69.9 Å². The van der Waals surface area contributed by atoms with Gasteiger partial charge in [0.1, 0.15) is 11.5 Å². The van der Waals surface area contributed by atoms with Crippen LogP contribution in [0.25, 0.3) is 0 Å². The highest BCUT2D eigenvalue weighted by atomic mass is 35.5. The quantitative estimate of drug-likeness (QED) is 0.638. The van der Waals surface area contributed by atoms with Gasteiger partial charge in [-0.05, 0) is 37.3 Å². The van der Waals surface area contributed by atoms with Crippen molar-refractivity contribution in [1.29, 1.82) is 0 Å². The Balaban J connectivity index is 1.73. The highest BCUT2D eigenvalue weighted by Crippen LogP contribution is 2.23. The minimum atomic E-state index is -3.80. The number of aromatic nitrogens is 1. The molecule has 3 rings (SSSR count). The van der Waals surface area contributed by atoms with Crippen LogP contribution < -0.4 is 10.0 Å². The van der Waals surface area contributed by atoms with Gasteiger partial charge in [-0.25, -0.2) is 17.8 Å². The van der Waals surface area contributed by atoms with Crippen LogP contribution in [0.2, 0.25) is 5.02 Å². The normalized spacial score (nSPS) is 11.2. The topological polar surface area (TPSA) is 88.2 Å². The van der Waals surface area contributed by atoms with Crippen molar-refractivity contribution in [1.82, 2.24) is 4.98 Å². The van der Waals surface area contributed by atoms with Crippen molar-refractivity contribution in [3.63, 3.8) is 0 Å². The molecule has 0 spiro atoms. The smallest absolute Gasteiger partial charge is 0.275 e. The Hall–Kier alpha value is -2.49. The molecule has 10 heteroatoms. The number of carbonyl (C=O) groups is 1. The monoisotopic (exact) mass is 425 g/mol. The van der Waals surface area contributed by atoms with E-state index in [1.165, 1.54) is 29.6 Å². The maximum Gasteiger partial charge on any atom is 0.275 e. The fourth-order valence-corrected chi connectivity index (χ4v) is 4.21. The van der Waals surface area contributed by atoms with Gasteiger partial charge in [0, 0.05) is 11.1 Å². The van der Waals surface area contributed by atoms with E-state index in [1.807, 2.05) is 6.92 Å². The molecule has 0 unspecified atom stereocenters. The number of hydrogen-bond acceptors (Lipinski definition) is 5. The van der Waals surface area contributed by atoms with Gasteiger partial charge in [0.05, 0.1) is 9.92 Å². The van der Waals surface area contributed by atoms with Gasteiger partial charge in [-0.1, -0.05) is 29.3 Å². The van der Waals surface area contributed by atoms with Crippen LogP contribution in [-0.4, -0.2) is 19.3 Å². The zero-order valence-corrected chi connectivity index (χ0v) is 16.3. The van der Waals surface area contributed by atoms with Crippen LogP contribution in [0.5, 0.6) is 0 Å². The SMILES string of the molecule is Cc1ccc(S(=O)(=O)Nc2nc(C(=O)Nc3ccc(F)c(Cl)c3)cs2)cc1. The van der Waals surface area contributed by atoms with Crippen LogP contribution in [-0.2, 0) is 10.0 Å². The average Bonchev–Trinajstić information content (AvgIpc) is 3.06. The molecule has 1 amide bonds. The number of benzene rings is 2. The van der Waals surface area contributed by atoms with Gasteiger partial charge < -0.3 is 5.32 Å². The number of anilines is 2. The van der Waals surface area contributed by atoms with E-state index >= 15 is 0 Å². The first kappa shape index (κ1) is 19.3. The average molecular weight is 426 g/mol. The summed E-state index contributed by atoms with van der Waals surface area (Å²) in [6.07, 6.45) is 0. The molecule has 0 bridgehead atoms. The number of sulfonamides is 1. The molecule has 27 heavy (non-hydrogen) atoms. The summed E-state index contributed by atoms with van der Waals surface area (Å²) in [5.74, 6) is -1.18. The number of nitrogens with zero attached hydrogens (tertiary/aromatic N) is 1. The molecule has 0 atom stereocenters. The predicted octanol–water partition coefficient (Wildman–Crippen LogP) is 4.30. The number of halogens is 2. The Morgan fingerprint density at radius 2 is 1.89 bits per heavy atom. The van der Waals surface area contributed by atoms with Crippen molar-refractivity contribution in [2.45, 2.75) is 11.8 Å². The first-order valence-electron chi connectivity index (χ1n) is 7.56. The van der Waals surface area contributed by atoms with E-state index in [9.17, 15) is 17.6 Å². The number of thiazole rings is 1. The lowest BCUT2D eigenvalue weighted by molar-refractivity contribution is 0.102. The second-order valence-corrected chi connectivity index (χ2v) is 8.49. The van der Waals surface area contributed by atoms with Crippen molar-refractivity contribution >= 4 is 49.7 Å². The molecule has 2 N–H and O–H groups in total. The summed E-state index contributed by atoms with van der Waals surface area (Å²) in [6, 6.07) is 10.1. The van der Waals surface area contributed by atoms with Gasteiger partial charge >= 0.3 is 0 Å². The summed E-state index contributed by atoms with van der Waals surface area (Å²) in [5, 5.41) is 3.85. The van der Waals surface area contributed by atoms with Gasteiger partial charge in [0.2, 0.25) is 0 Å². The van der Waals surface area contributed by atoms with E-state index in [1.54, 1.807) is 12.1 Å². The van der Waals surface area contributed by atoms with Crippen LogP contribution >= 0.6 is 22.9 Å². The van der Waals surface area contributed by atoms with E-state index in [2.05, 4.69) is 15.0 Å². The minimum Gasteiger partial charge on any atom is -0.321 e. The zero-order valence-electron chi connectivity index (χ0n) is 13.9. The van der Waals surface area contributed by atoms with E-state index in [-0.39, 0.29) is 20.7 Å². The van der Waals surface area contributed by atoms with Gasteiger partial charge in [-0.15, -0.1) is 11.3 Å². The summed E-state index contributed by atoms with van der Waals surface area (Å²) in [4.78, 5) is 16.3. The Bertz CT molecular complexity index is 1100. The van der Waals surface area contributed by atoms with Crippen molar-refractivity contribution in [2.75, 3.05) is 10.0 Å². The molecule has 1 heterocycles. The van der Waals surface area contributed by atoms with Crippen molar-refractivity contribution in [3.8, 4) is 0 Å². The first-order chi connectivity index (χ1) is 12.7. The molecular formula is C17H13ClFN3O3S2. The van der Waals surface area contributed by atoms with Crippen LogP contribution in [0.1, 0.15) is 16.1 Å². The largest absolute Gasteiger partial charge is 0.321 e. The third-order valence-corrected chi connectivity index (χ3v) is 6.00. The van der Waals surface area contributed by atoms with E-state index in [4.69, 9.17) is 11.6 Å². The fourth-order valence-electron chi connectivity index (χ4n) is 2.09. The summed E-state index contributed by atoms with van der Waals surface area (Å²) < 4.78 is 40.2. The summed E-state index contributed by atoms with van der Waals surface area (Å²) in [6.45, 7) is 1.85. The maximum atomic E-state index is 13.2. The number of carbonyl (C=O) groups excluding carboxylic acids is 1.